The summed E-state index contributed by atoms with van der Waals surface area (Å²) >= 11 is 3.52. The molecule has 0 amide bonds. The van der Waals surface area contributed by atoms with Gasteiger partial charge < -0.3 is 4.74 Å². The first kappa shape index (κ1) is 11.5. The van der Waals surface area contributed by atoms with E-state index in [1.54, 1.807) is 0 Å². The Morgan fingerprint density at radius 1 is 1.56 bits per heavy atom. The molecule has 0 saturated heterocycles. The standard InChI is InChI=1S/C13H14BrNO/c1-2-8-15-12-7-4-9-16-13-10(12)5-3-6-11(13)14/h1,3,5-6,12,15H,4,7-9H2. The highest BCUT2D eigenvalue weighted by molar-refractivity contribution is 9.10. The third kappa shape index (κ3) is 2.40. The molecule has 1 aromatic carbocycles. The van der Waals surface area contributed by atoms with Gasteiger partial charge in [-0.3, -0.25) is 5.32 Å². The zero-order chi connectivity index (χ0) is 11.4. The van der Waals surface area contributed by atoms with E-state index in [1.807, 2.05) is 12.1 Å². The van der Waals surface area contributed by atoms with E-state index in [4.69, 9.17) is 11.2 Å². The minimum absolute atomic E-state index is 0.297. The normalized spacial score (nSPS) is 19.1. The van der Waals surface area contributed by atoms with E-state index in [2.05, 4.69) is 33.2 Å². The third-order valence-corrected chi connectivity index (χ3v) is 3.33. The molecule has 3 heteroatoms. The number of hydrogen-bond acceptors (Lipinski definition) is 2. The van der Waals surface area contributed by atoms with Crippen LogP contribution in [0.2, 0.25) is 0 Å². The number of terminal acetylenes is 1. The lowest BCUT2D eigenvalue weighted by Gasteiger charge is -2.17. The average molecular weight is 280 g/mol. The van der Waals surface area contributed by atoms with Crippen molar-refractivity contribution in [2.45, 2.75) is 18.9 Å². The van der Waals surface area contributed by atoms with Gasteiger partial charge in [0.05, 0.1) is 17.6 Å². The molecule has 0 aliphatic carbocycles. The molecule has 0 aromatic heterocycles. The highest BCUT2D eigenvalue weighted by atomic mass is 79.9. The zero-order valence-electron chi connectivity index (χ0n) is 9.00. The molecule has 1 heterocycles. The van der Waals surface area contributed by atoms with Crippen molar-refractivity contribution in [2.75, 3.05) is 13.2 Å². The summed E-state index contributed by atoms with van der Waals surface area (Å²) < 4.78 is 6.76. The Kier molecular flexibility index (Phi) is 3.87. The van der Waals surface area contributed by atoms with E-state index in [-0.39, 0.29) is 0 Å². The van der Waals surface area contributed by atoms with Crippen molar-refractivity contribution in [2.24, 2.45) is 0 Å². The van der Waals surface area contributed by atoms with Crippen molar-refractivity contribution >= 4 is 15.9 Å². The van der Waals surface area contributed by atoms with Gasteiger partial charge in [0.25, 0.3) is 0 Å². The van der Waals surface area contributed by atoms with Gasteiger partial charge in [0.2, 0.25) is 0 Å². The van der Waals surface area contributed by atoms with E-state index >= 15 is 0 Å². The molecule has 1 atom stereocenters. The number of nitrogens with one attached hydrogen (secondary N) is 1. The highest BCUT2D eigenvalue weighted by Gasteiger charge is 2.20. The van der Waals surface area contributed by atoms with Crippen LogP contribution in [0, 0.1) is 12.3 Å². The van der Waals surface area contributed by atoms with Gasteiger partial charge >= 0.3 is 0 Å². The zero-order valence-corrected chi connectivity index (χ0v) is 10.6. The summed E-state index contributed by atoms with van der Waals surface area (Å²) in [6.07, 6.45) is 7.39. The van der Waals surface area contributed by atoms with E-state index < -0.39 is 0 Å². The number of para-hydroxylation sites is 1. The monoisotopic (exact) mass is 279 g/mol. The van der Waals surface area contributed by atoms with Crippen LogP contribution in [0.4, 0.5) is 0 Å². The summed E-state index contributed by atoms with van der Waals surface area (Å²) in [6.45, 7) is 1.36. The fourth-order valence-electron chi connectivity index (χ4n) is 1.96. The maximum absolute atomic E-state index is 5.75. The SMILES string of the molecule is C#CCNC1CCCOc2c(Br)cccc21. The Balaban J connectivity index is 2.30. The van der Waals surface area contributed by atoms with Crippen LogP contribution in [0.1, 0.15) is 24.4 Å². The van der Waals surface area contributed by atoms with Gasteiger partial charge in [0.15, 0.2) is 0 Å². The molecule has 0 spiro atoms. The van der Waals surface area contributed by atoms with Crippen molar-refractivity contribution in [1.82, 2.24) is 5.32 Å². The molecule has 0 radical (unpaired) electrons. The van der Waals surface area contributed by atoms with Gasteiger partial charge in [-0.05, 0) is 34.8 Å². The Labute approximate surface area is 105 Å². The lowest BCUT2D eigenvalue weighted by atomic mass is 10.0. The summed E-state index contributed by atoms with van der Waals surface area (Å²) in [5, 5.41) is 3.36. The van der Waals surface area contributed by atoms with E-state index in [0.717, 1.165) is 29.7 Å². The summed E-state index contributed by atoms with van der Waals surface area (Å²) in [5.74, 6) is 3.57. The second kappa shape index (κ2) is 5.38. The van der Waals surface area contributed by atoms with Crippen molar-refractivity contribution in [3.8, 4) is 18.1 Å². The van der Waals surface area contributed by atoms with Gasteiger partial charge in [-0.2, -0.15) is 0 Å². The van der Waals surface area contributed by atoms with Crippen molar-refractivity contribution in [3.63, 3.8) is 0 Å². The molecule has 16 heavy (non-hydrogen) atoms. The smallest absolute Gasteiger partial charge is 0.138 e. The van der Waals surface area contributed by atoms with Crippen molar-refractivity contribution < 1.29 is 4.74 Å². The highest BCUT2D eigenvalue weighted by Crippen LogP contribution is 2.36. The Morgan fingerprint density at radius 3 is 3.25 bits per heavy atom. The van der Waals surface area contributed by atoms with E-state index in [1.165, 1.54) is 5.56 Å². The Hall–Kier alpha value is -0.980. The molecular formula is C13H14BrNO. The first-order valence-electron chi connectivity index (χ1n) is 5.41. The predicted octanol–water partition coefficient (Wildman–Crippen LogP) is 2.89. The number of fused-ring (bicyclic) bond motifs is 1. The van der Waals surface area contributed by atoms with Crippen LogP contribution in [0.15, 0.2) is 22.7 Å². The lowest BCUT2D eigenvalue weighted by molar-refractivity contribution is 0.313. The molecule has 0 saturated carbocycles. The third-order valence-electron chi connectivity index (χ3n) is 2.71. The van der Waals surface area contributed by atoms with Crippen LogP contribution in [0.5, 0.6) is 5.75 Å². The Bertz CT molecular complexity index is 411. The lowest BCUT2D eigenvalue weighted by Crippen LogP contribution is -2.21. The van der Waals surface area contributed by atoms with E-state index in [9.17, 15) is 0 Å². The van der Waals surface area contributed by atoms with Crippen molar-refractivity contribution in [3.05, 3.63) is 28.2 Å². The summed E-state index contributed by atoms with van der Waals surface area (Å²) in [4.78, 5) is 0. The second-order valence-corrected chi connectivity index (χ2v) is 4.64. The molecule has 0 bridgehead atoms. The van der Waals surface area contributed by atoms with E-state index in [0.29, 0.717) is 12.6 Å². The number of rotatable bonds is 2. The molecule has 2 rings (SSSR count). The quantitative estimate of drug-likeness (QED) is 0.841. The second-order valence-electron chi connectivity index (χ2n) is 3.79. The largest absolute Gasteiger partial charge is 0.492 e. The van der Waals surface area contributed by atoms with Gasteiger partial charge in [-0.1, -0.05) is 18.1 Å². The fourth-order valence-corrected chi connectivity index (χ4v) is 2.46. The molecule has 1 aliphatic rings. The molecular weight excluding hydrogens is 266 g/mol. The van der Waals surface area contributed by atoms with Gasteiger partial charge in [-0.25, -0.2) is 0 Å². The van der Waals surface area contributed by atoms with Crippen LogP contribution in [0.25, 0.3) is 0 Å². The molecule has 1 unspecified atom stereocenters. The first-order chi connectivity index (χ1) is 7.83. The fraction of sp³-hybridized carbons (Fsp3) is 0.385. The first-order valence-corrected chi connectivity index (χ1v) is 6.20. The van der Waals surface area contributed by atoms with Crippen LogP contribution in [0.3, 0.4) is 0 Å². The molecule has 1 N–H and O–H groups in total. The van der Waals surface area contributed by atoms with Crippen LogP contribution >= 0.6 is 15.9 Å². The van der Waals surface area contributed by atoms with Crippen molar-refractivity contribution in [1.29, 1.82) is 0 Å². The molecule has 1 aliphatic heterocycles. The molecule has 1 aromatic rings. The predicted molar refractivity (Wildman–Crippen MR) is 68.4 cm³/mol. The summed E-state index contributed by atoms with van der Waals surface area (Å²) in [7, 11) is 0. The van der Waals surface area contributed by atoms with Crippen LogP contribution < -0.4 is 10.1 Å². The number of benzene rings is 1. The number of hydrogen-bond donors (Lipinski definition) is 1. The molecule has 84 valence electrons. The van der Waals surface area contributed by atoms with Gasteiger partial charge in [-0.15, -0.1) is 6.42 Å². The number of halogens is 1. The summed E-state index contributed by atoms with van der Waals surface area (Å²) in [6, 6.07) is 6.43. The van der Waals surface area contributed by atoms with Crippen LogP contribution in [-0.2, 0) is 0 Å². The maximum atomic E-state index is 5.75. The molecule has 0 fully saturated rings. The maximum Gasteiger partial charge on any atom is 0.138 e. The Morgan fingerprint density at radius 2 is 2.44 bits per heavy atom. The minimum Gasteiger partial charge on any atom is -0.492 e. The summed E-state index contributed by atoms with van der Waals surface area (Å²) in [5.41, 5.74) is 1.20. The van der Waals surface area contributed by atoms with Gasteiger partial charge in [0, 0.05) is 11.6 Å². The number of ether oxygens (including phenoxy) is 1. The topological polar surface area (TPSA) is 21.3 Å². The minimum atomic E-state index is 0.297. The molecule has 2 nitrogen and oxygen atoms in total. The average Bonchev–Trinajstić information content (AvgIpc) is 2.50. The van der Waals surface area contributed by atoms with Crippen LogP contribution in [-0.4, -0.2) is 13.2 Å². The van der Waals surface area contributed by atoms with Gasteiger partial charge in [0.1, 0.15) is 5.75 Å².